The molecule has 1 amide bonds. The number of halogens is 1. The van der Waals surface area contributed by atoms with Crippen molar-refractivity contribution in [3.05, 3.63) is 30.6 Å². The fourth-order valence-corrected chi connectivity index (χ4v) is 3.97. The fraction of sp³-hybridized carbons (Fsp3) is 0.400. The predicted octanol–water partition coefficient (Wildman–Crippen LogP) is 2.42. The Kier molecular flexibility index (Phi) is 7.41. The lowest BCUT2D eigenvalue weighted by molar-refractivity contribution is -0.116. The van der Waals surface area contributed by atoms with Crippen LogP contribution in [-0.2, 0) is 11.8 Å². The average molecular weight is 386 g/mol. The molecule has 1 fully saturated rings. The molecule has 0 saturated carbocycles. The van der Waals surface area contributed by atoms with Gasteiger partial charge in [-0.25, -0.2) is 0 Å². The molecule has 130 valence electrons. The number of nitrogens with zero attached hydrogens (tertiary/aromatic N) is 3. The normalized spacial score (nSPS) is 17.1. The highest BCUT2D eigenvalue weighted by atomic mass is 35.5. The predicted molar refractivity (Wildman–Crippen MR) is 101 cm³/mol. The molecule has 2 aromatic rings. The summed E-state index contributed by atoms with van der Waals surface area (Å²) in [6, 6.07) is 8.06. The van der Waals surface area contributed by atoms with Crippen molar-refractivity contribution in [1.29, 1.82) is 0 Å². The van der Waals surface area contributed by atoms with E-state index >= 15 is 0 Å². The van der Waals surface area contributed by atoms with Gasteiger partial charge in [0.25, 0.3) is 0 Å². The molecule has 0 spiro atoms. The maximum atomic E-state index is 12.1. The summed E-state index contributed by atoms with van der Waals surface area (Å²) in [6.07, 6.45) is 2.19. The van der Waals surface area contributed by atoms with Crippen LogP contribution >= 0.6 is 35.9 Å². The van der Waals surface area contributed by atoms with Crippen LogP contribution in [0.1, 0.15) is 6.42 Å². The van der Waals surface area contributed by atoms with Gasteiger partial charge in [0.05, 0.1) is 0 Å². The summed E-state index contributed by atoms with van der Waals surface area (Å²) in [7, 11) is 1.91. The Morgan fingerprint density at radius 3 is 2.88 bits per heavy atom. The van der Waals surface area contributed by atoms with Gasteiger partial charge in [0.15, 0.2) is 5.16 Å². The van der Waals surface area contributed by atoms with E-state index in [0.29, 0.717) is 6.42 Å². The average Bonchev–Trinajstić information content (AvgIpc) is 2.95. The largest absolute Gasteiger partial charge is 0.326 e. The monoisotopic (exact) mass is 385 g/mol. The highest BCUT2D eigenvalue weighted by Gasteiger charge is 2.16. The van der Waals surface area contributed by atoms with Crippen LogP contribution < -0.4 is 10.6 Å². The molecule has 9 heteroatoms. The lowest BCUT2D eigenvalue weighted by atomic mass is 10.2. The zero-order chi connectivity index (χ0) is 16.1. The van der Waals surface area contributed by atoms with Crippen LogP contribution in [0.2, 0.25) is 0 Å². The second-order valence-corrected chi connectivity index (χ2v) is 7.52. The minimum Gasteiger partial charge on any atom is -0.326 e. The number of amides is 1. The van der Waals surface area contributed by atoms with Crippen LogP contribution in [0.4, 0.5) is 5.69 Å². The highest BCUT2D eigenvalue weighted by molar-refractivity contribution is 7.99. The first-order valence-corrected chi connectivity index (χ1v) is 9.41. The van der Waals surface area contributed by atoms with Crippen molar-refractivity contribution < 1.29 is 4.79 Å². The molecule has 1 aromatic carbocycles. The van der Waals surface area contributed by atoms with Gasteiger partial charge in [-0.1, -0.05) is 0 Å². The molecule has 2 heterocycles. The third-order valence-corrected chi connectivity index (χ3v) is 5.64. The number of hydrogen-bond acceptors (Lipinski definition) is 6. The van der Waals surface area contributed by atoms with E-state index in [4.69, 9.17) is 0 Å². The Bertz CT molecular complexity index is 658. The van der Waals surface area contributed by atoms with Crippen LogP contribution in [0, 0.1) is 0 Å². The second kappa shape index (κ2) is 9.31. The van der Waals surface area contributed by atoms with Crippen LogP contribution in [0.5, 0.6) is 0 Å². The summed E-state index contributed by atoms with van der Waals surface area (Å²) in [5.74, 6) is 2.18. The number of carbonyl (C=O) groups excluding carboxylic acids is 1. The van der Waals surface area contributed by atoms with Crippen LogP contribution in [0.15, 0.2) is 40.6 Å². The van der Waals surface area contributed by atoms with E-state index in [-0.39, 0.29) is 24.4 Å². The molecule has 0 aliphatic carbocycles. The Morgan fingerprint density at radius 1 is 1.46 bits per heavy atom. The summed E-state index contributed by atoms with van der Waals surface area (Å²) < 4.78 is 1.87. The van der Waals surface area contributed by atoms with E-state index in [1.165, 1.54) is 0 Å². The van der Waals surface area contributed by atoms with E-state index < -0.39 is 0 Å². The van der Waals surface area contributed by atoms with Crippen molar-refractivity contribution in [2.24, 2.45) is 7.05 Å². The second-order valence-electron chi connectivity index (χ2n) is 5.33. The van der Waals surface area contributed by atoms with Gasteiger partial charge < -0.3 is 15.2 Å². The lowest BCUT2D eigenvalue weighted by Crippen LogP contribution is -2.39. The Hall–Kier alpha value is -1.22. The van der Waals surface area contributed by atoms with E-state index in [1.807, 2.05) is 47.6 Å². The Morgan fingerprint density at radius 2 is 2.25 bits per heavy atom. The number of thioether (sulfide) groups is 1. The topological polar surface area (TPSA) is 71.8 Å². The number of anilines is 1. The Labute approximate surface area is 156 Å². The van der Waals surface area contributed by atoms with Crippen LogP contribution in [0.3, 0.4) is 0 Å². The molecule has 2 N–H and O–H groups in total. The third kappa shape index (κ3) is 5.41. The first-order valence-electron chi connectivity index (χ1n) is 7.43. The van der Waals surface area contributed by atoms with Crippen LogP contribution in [0.25, 0.3) is 0 Å². The van der Waals surface area contributed by atoms with E-state index in [1.54, 1.807) is 18.1 Å². The minimum absolute atomic E-state index is 0. The number of aromatic nitrogens is 3. The summed E-state index contributed by atoms with van der Waals surface area (Å²) in [6.45, 7) is 0.983. The SMILES string of the molecule is Cl.Cn1cnnc1Sc1ccc(NC(=O)CC2CSCCN2)cc1. The summed E-state index contributed by atoms with van der Waals surface area (Å²) >= 11 is 3.44. The van der Waals surface area contributed by atoms with Crippen LogP contribution in [-0.4, -0.2) is 44.8 Å². The van der Waals surface area contributed by atoms with E-state index in [0.717, 1.165) is 33.8 Å². The maximum absolute atomic E-state index is 12.1. The van der Waals surface area contributed by atoms with Gasteiger partial charge >= 0.3 is 0 Å². The molecular formula is C15H20ClN5OS2. The first-order chi connectivity index (χ1) is 11.2. The molecule has 3 rings (SSSR count). The number of carbonyl (C=O) groups is 1. The fourth-order valence-electron chi connectivity index (χ4n) is 2.26. The van der Waals surface area contributed by atoms with Crippen molar-refractivity contribution in [1.82, 2.24) is 20.1 Å². The quantitative estimate of drug-likeness (QED) is 0.823. The number of benzene rings is 1. The molecule has 0 bridgehead atoms. The number of hydrogen-bond donors (Lipinski definition) is 2. The van der Waals surface area contributed by atoms with Crippen molar-refractivity contribution >= 4 is 47.5 Å². The van der Waals surface area contributed by atoms with E-state index in [2.05, 4.69) is 20.8 Å². The van der Waals surface area contributed by atoms with Crippen molar-refractivity contribution in [2.45, 2.75) is 22.5 Å². The molecule has 6 nitrogen and oxygen atoms in total. The molecule has 1 aliphatic heterocycles. The van der Waals surface area contributed by atoms with E-state index in [9.17, 15) is 4.79 Å². The molecule has 1 saturated heterocycles. The molecular weight excluding hydrogens is 366 g/mol. The summed E-state index contributed by atoms with van der Waals surface area (Å²) in [5.41, 5.74) is 0.820. The summed E-state index contributed by atoms with van der Waals surface area (Å²) in [4.78, 5) is 13.1. The zero-order valence-corrected chi connectivity index (χ0v) is 15.7. The number of nitrogens with one attached hydrogen (secondary N) is 2. The Balaban J connectivity index is 0.00000208. The van der Waals surface area contributed by atoms with Gasteiger partial charge in [0, 0.05) is 48.1 Å². The molecule has 24 heavy (non-hydrogen) atoms. The number of rotatable bonds is 5. The first kappa shape index (κ1) is 19.1. The van der Waals surface area contributed by atoms with Gasteiger partial charge in [0.1, 0.15) is 6.33 Å². The zero-order valence-electron chi connectivity index (χ0n) is 13.3. The smallest absolute Gasteiger partial charge is 0.225 e. The van der Waals surface area contributed by atoms with Gasteiger partial charge in [-0.2, -0.15) is 11.8 Å². The van der Waals surface area contributed by atoms with Crippen molar-refractivity contribution in [2.75, 3.05) is 23.4 Å². The summed E-state index contributed by atoms with van der Waals surface area (Å²) in [5, 5.41) is 15.1. The molecule has 1 unspecified atom stereocenters. The maximum Gasteiger partial charge on any atom is 0.225 e. The molecule has 1 aromatic heterocycles. The standard InChI is InChI=1S/C15H19N5OS2.ClH/c1-20-10-17-19-15(20)23-13-4-2-11(3-5-13)18-14(21)8-12-9-22-7-6-16-12;/h2-5,10,12,16H,6-9H2,1H3,(H,18,21);1H. The molecule has 0 radical (unpaired) electrons. The lowest BCUT2D eigenvalue weighted by Gasteiger charge is -2.22. The highest BCUT2D eigenvalue weighted by Crippen LogP contribution is 2.26. The van der Waals surface area contributed by atoms with Gasteiger partial charge in [-0.05, 0) is 36.0 Å². The molecule has 1 aliphatic rings. The number of aryl methyl sites for hydroxylation is 1. The molecule has 1 atom stereocenters. The van der Waals surface area contributed by atoms with Gasteiger partial charge in [0.2, 0.25) is 5.91 Å². The van der Waals surface area contributed by atoms with Crippen molar-refractivity contribution in [3.63, 3.8) is 0 Å². The van der Waals surface area contributed by atoms with Gasteiger partial charge in [-0.3, -0.25) is 4.79 Å². The van der Waals surface area contributed by atoms with Gasteiger partial charge in [-0.15, -0.1) is 22.6 Å². The third-order valence-electron chi connectivity index (χ3n) is 3.45. The minimum atomic E-state index is 0. The van der Waals surface area contributed by atoms with Crippen molar-refractivity contribution in [3.8, 4) is 0 Å².